The van der Waals surface area contributed by atoms with Crippen molar-refractivity contribution in [3.63, 3.8) is 0 Å². The van der Waals surface area contributed by atoms with Crippen molar-refractivity contribution in [2.24, 2.45) is 34.4 Å². The Bertz CT molecular complexity index is 1870. The van der Waals surface area contributed by atoms with Gasteiger partial charge in [0.1, 0.15) is 42.3 Å². The van der Waals surface area contributed by atoms with Gasteiger partial charge in [0.15, 0.2) is 0 Å². The number of likely N-dealkylation sites (tertiary alicyclic amines) is 1. The van der Waals surface area contributed by atoms with Gasteiger partial charge in [-0.3, -0.25) is 47.9 Å². The molecule has 0 aromatic carbocycles. The van der Waals surface area contributed by atoms with E-state index in [1.165, 1.54) is 4.90 Å². The highest BCUT2D eigenvalue weighted by Crippen LogP contribution is 2.19. The van der Waals surface area contributed by atoms with Gasteiger partial charge in [-0.25, -0.2) is 4.79 Å². The fourth-order valence-electron chi connectivity index (χ4n) is 8.03. The van der Waals surface area contributed by atoms with Crippen LogP contribution in [0.4, 0.5) is 0 Å². The SMILES string of the molecule is NCCCC[C@H](NC(=O)[C@H](CCC(=O)O)NC(=O)[C@H](CCCCN)NC(=O)[C@@H]1CCCN1C(=O)CNC(=O)[C@H](CCCCN)NC(=O)[C@H](CCCCN)NC(=O)[C@@H](N)CCCCN)C(=O)NCC(=O)N[C@@H](CS)C(=O)O. The maximum absolute atomic E-state index is 14.0. The Labute approximate surface area is 449 Å². The largest absolute Gasteiger partial charge is 0.481 e. The third-order valence-electron chi connectivity index (χ3n) is 12.4. The number of carbonyl (C=O) groups excluding carboxylic acids is 9. The van der Waals surface area contributed by atoms with E-state index in [1.807, 2.05) is 0 Å². The van der Waals surface area contributed by atoms with Gasteiger partial charge < -0.3 is 92.0 Å². The van der Waals surface area contributed by atoms with Crippen LogP contribution in [0.15, 0.2) is 0 Å². The Morgan fingerprint density at radius 1 is 0.487 bits per heavy atom. The molecule has 1 saturated heterocycles. The number of hydrogen-bond donors (Lipinski definition) is 17. The van der Waals surface area contributed by atoms with E-state index in [1.54, 1.807) is 0 Å². The number of nitrogens with one attached hydrogen (secondary N) is 8. The molecule has 0 bridgehead atoms. The first-order valence-electron chi connectivity index (χ1n) is 26.3. The number of carboxylic acids is 2. The molecule has 29 heteroatoms. The number of nitrogens with zero attached hydrogens (tertiary/aromatic N) is 1. The fraction of sp³-hybridized carbons (Fsp3) is 0.766. The molecule has 0 saturated carbocycles. The topological polar surface area (TPSA) is 484 Å². The van der Waals surface area contributed by atoms with Gasteiger partial charge in [-0.05, 0) is 142 Å². The van der Waals surface area contributed by atoms with Crippen LogP contribution in [0, 0.1) is 0 Å². The summed E-state index contributed by atoms with van der Waals surface area (Å²) in [6.45, 7) is 0.474. The van der Waals surface area contributed by atoms with Crippen molar-refractivity contribution >= 4 is 77.7 Å². The zero-order valence-electron chi connectivity index (χ0n) is 43.7. The molecule has 0 radical (unpaired) electrons. The summed E-state index contributed by atoms with van der Waals surface area (Å²) in [7, 11) is 0. The minimum atomic E-state index is -1.55. The van der Waals surface area contributed by atoms with Crippen molar-refractivity contribution in [1.82, 2.24) is 47.4 Å². The van der Waals surface area contributed by atoms with E-state index >= 15 is 0 Å². The first kappa shape index (κ1) is 68.3. The Morgan fingerprint density at radius 2 is 0.882 bits per heavy atom. The van der Waals surface area contributed by atoms with E-state index in [2.05, 4.69) is 55.2 Å². The van der Waals surface area contributed by atoms with Crippen molar-refractivity contribution in [2.45, 2.75) is 170 Å². The highest BCUT2D eigenvalue weighted by Gasteiger charge is 2.37. The minimum absolute atomic E-state index is 0.0112. The van der Waals surface area contributed by atoms with Gasteiger partial charge in [-0.2, -0.15) is 12.6 Å². The number of carboxylic acid groups (broad SMARTS) is 2. The number of hydrogen-bond acceptors (Lipinski definition) is 18. The Balaban J connectivity index is 3.25. The summed E-state index contributed by atoms with van der Waals surface area (Å²) in [6, 6.07) is -9.68. The van der Waals surface area contributed by atoms with E-state index in [-0.39, 0.29) is 57.5 Å². The lowest BCUT2D eigenvalue weighted by molar-refractivity contribution is -0.141. The Kier molecular flexibility index (Phi) is 35.6. The molecule has 76 heavy (non-hydrogen) atoms. The third kappa shape index (κ3) is 27.4. The van der Waals surface area contributed by atoms with Gasteiger partial charge in [0.05, 0.1) is 19.1 Å². The number of thiol groups is 1. The smallest absolute Gasteiger partial charge is 0.327 e. The van der Waals surface area contributed by atoms with Crippen molar-refractivity contribution in [3.05, 3.63) is 0 Å². The van der Waals surface area contributed by atoms with E-state index in [0.717, 1.165) is 0 Å². The van der Waals surface area contributed by atoms with Crippen LogP contribution >= 0.6 is 12.6 Å². The molecule has 28 nitrogen and oxygen atoms in total. The predicted molar refractivity (Wildman–Crippen MR) is 283 cm³/mol. The lowest BCUT2D eigenvalue weighted by Crippen LogP contribution is -2.58. The molecular formula is C47H87N15O13S. The molecule has 22 N–H and O–H groups in total. The maximum Gasteiger partial charge on any atom is 0.327 e. The average molecular weight is 1100 g/mol. The first-order valence-corrected chi connectivity index (χ1v) is 26.9. The van der Waals surface area contributed by atoms with Crippen molar-refractivity contribution in [3.8, 4) is 0 Å². The van der Waals surface area contributed by atoms with Crippen LogP contribution < -0.4 is 76.9 Å². The molecule has 0 unspecified atom stereocenters. The second-order valence-corrected chi connectivity index (χ2v) is 19.0. The normalized spacial score (nSPS) is 15.8. The van der Waals surface area contributed by atoms with Gasteiger partial charge in [0, 0.05) is 18.7 Å². The summed E-state index contributed by atoms with van der Waals surface area (Å²) >= 11 is 3.89. The van der Waals surface area contributed by atoms with Gasteiger partial charge in [-0.1, -0.05) is 6.42 Å². The van der Waals surface area contributed by atoms with Gasteiger partial charge in [0.2, 0.25) is 53.2 Å². The second kappa shape index (κ2) is 39.6. The van der Waals surface area contributed by atoms with Crippen LogP contribution in [0.3, 0.4) is 0 Å². The molecular weight excluding hydrogens is 1010 g/mol. The summed E-state index contributed by atoms with van der Waals surface area (Å²) < 4.78 is 0. The number of carbonyl (C=O) groups is 11. The molecule has 1 aliphatic rings. The van der Waals surface area contributed by atoms with Gasteiger partial charge in [-0.15, -0.1) is 0 Å². The number of amides is 9. The lowest BCUT2D eigenvalue weighted by atomic mass is 10.0. The van der Waals surface area contributed by atoms with E-state index in [0.29, 0.717) is 96.7 Å². The quantitative estimate of drug-likeness (QED) is 0.0201. The minimum Gasteiger partial charge on any atom is -0.481 e. The van der Waals surface area contributed by atoms with Crippen LogP contribution in [0.1, 0.15) is 122 Å². The molecule has 1 rings (SSSR count). The maximum atomic E-state index is 14.0. The molecule has 9 amide bonds. The Hall–Kier alpha value is -5.72. The van der Waals surface area contributed by atoms with Crippen LogP contribution in [-0.2, 0) is 52.7 Å². The zero-order chi connectivity index (χ0) is 57.0. The molecule has 0 aromatic rings. The van der Waals surface area contributed by atoms with Gasteiger partial charge in [0.25, 0.3) is 0 Å². The van der Waals surface area contributed by atoms with Crippen molar-refractivity contribution < 1.29 is 63.0 Å². The number of nitrogens with two attached hydrogens (primary N) is 6. The standard InChI is InChI=1S/C47H87N15O13S/c48-20-6-1-12-29(53)40(67)57-32(15-4-9-23-51)43(70)58-31(14-3-8-22-50)42(69)55-27-38(64)62-25-11-17-36(62)46(73)61-33(16-5-10-24-52)44(71)60-34(18-19-39(65)66)45(72)59-30(13-2-7-21-49)41(68)54-26-37(63)56-35(28-76)47(74)75/h29-36,76H,1-28,48-53H2,(H,54,68)(H,55,69)(H,56,63)(H,57,67)(H,58,70)(H,59,72)(H,60,71)(H,61,73)(H,65,66)(H,74,75)/t29-,30-,31-,32-,33-,34-,35-,36-/m0/s1. The first-order chi connectivity index (χ1) is 36.3. The third-order valence-corrected chi connectivity index (χ3v) is 12.8. The molecule has 434 valence electrons. The number of rotatable bonds is 42. The highest BCUT2D eigenvalue weighted by atomic mass is 32.1. The predicted octanol–water partition coefficient (Wildman–Crippen LogP) is -5.03. The van der Waals surface area contributed by atoms with E-state index in [9.17, 15) is 63.0 Å². The summed E-state index contributed by atoms with van der Waals surface area (Å²) in [5, 5.41) is 38.9. The van der Waals surface area contributed by atoms with Crippen LogP contribution in [0.25, 0.3) is 0 Å². The summed E-state index contributed by atoms with van der Waals surface area (Å²) in [6.07, 6.45) is 5.09. The van der Waals surface area contributed by atoms with Crippen LogP contribution in [0.2, 0.25) is 0 Å². The van der Waals surface area contributed by atoms with Crippen molar-refractivity contribution in [2.75, 3.05) is 58.1 Å². The number of aliphatic carboxylic acids is 2. The van der Waals surface area contributed by atoms with Gasteiger partial charge >= 0.3 is 11.9 Å². The molecule has 0 spiro atoms. The van der Waals surface area contributed by atoms with Crippen LogP contribution in [0.5, 0.6) is 0 Å². The lowest BCUT2D eigenvalue weighted by Gasteiger charge is -2.28. The van der Waals surface area contributed by atoms with Crippen molar-refractivity contribution in [1.29, 1.82) is 0 Å². The molecule has 1 aliphatic heterocycles. The van der Waals surface area contributed by atoms with E-state index < -0.39 is 139 Å². The number of unbranched alkanes of at least 4 members (excludes halogenated alkanes) is 5. The monoisotopic (exact) mass is 1100 g/mol. The van der Waals surface area contributed by atoms with Crippen LogP contribution in [-0.4, -0.2) is 187 Å². The molecule has 0 aromatic heterocycles. The fourth-order valence-corrected chi connectivity index (χ4v) is 8.28. The summed E-state index contributed by atoms with van der Waals surface area (Å²) in [5.41, 5.74) is 34.4. The summed E-state index contributed by atoms with van der Waals surface area (Å²) in [4.78, 5) is 146. The highest BCUT2D eigenvalue weighted by molar-refractivity contribution is 7.80. The molecule has 0 aliphatic carbocycles. The Morgan fingerprint density at radius 3 is 1.30 bits per heavy atom. The summed E-state index contributed by atoms with van der Waals surface area (Å²) in [5.74, 6) is -9.67. The molecule has 1 heterocycles. The average Bonchev–Trinajstić information content (AvgIpc) is 3.89. The zero-order valence-corrected chi connectivity index (χ0v) is 44.6. The molecule has 8 atom stereocenters. The molecule has 1 fully saturated rings. The van der Waals surface area contributed by atoms with E-state index in [4.69, 9.17) is 34.4 Å². The second-order valence-electron chi connectivity index (χ2n) is 18.6.